The molecule has 0 aromatic carbocycles. The first-order valence-electron chi connectivity index (χ1n) is 3.07. The molecule has 0 aliphatic carbocycles. The van der Waals surface area contributed by atoms with Crippen LogP contribution in [-0.2, 0) is 22.5 Å². The zero-order valence-electron chi connectivity index (χ0n) is 6.07. The van der Waals surface area contributed by atoms with Gasteiger partial charge in [0.15, 0.2) is 0 Å². The third kappa shape index (κ3) is 25.6. The molecule has 69 valence electrons. The van der Waals surface area contributed by atoms with Crippen molar-refractivity contribution in [2.75, 3.05) is 13.2 Å². The van der Waals surface area contributed by atoms with Gasteiger partial charge in [-0.3, -0.25) is 0 Å². The van der Waals surface area contributed by atoms with Crippen molar-refractivity contribution in [1.82, 2.24) is 0 Å². The molecular formula is C6H12MnO4-2. The summed E-state index contributed by atoms with van der Waals surface area (Å²) in [5, 5.41) is 16.5. The molecular weight excluding hydrogens is 191 g/mol. The minimum atomic E-state index is -1.44. The zero-order valence-corrected chi connectivity index (χ0v) is 7.25. The first-order valence-corrected chi connectivity index (χ1v) is 4.04. The topological polar surface area (TPSA) is 74.6 Å². The van der Waals surface area contributed by atoms with Crippen LogP contribution in [-0.4, -0.2) is 23.4 Å². The Labute approximate surface area is 72.2 Å². The quantitative estimate of drug-likeness (QED) is 0.372. The van der Waals surface area contributed by atoms with Crippen molar-refractivity contribution in [1.29, 1.82) is 0 Å². The second-order valence-electron chi connectivity index (χ2n) is 1.58. The van der Waals surface area contributed by atoms with E-state index in [9.17, 15) is 0 Å². The van der Waals surface area contributed by atoms with Crippen LogP contribution in [0.2, 0.25) is 0 Å². The van der Waals surface area contributed by atoms with Crippen LogP contribution >= 0.6 is 0 Å². The van der Waals surface area contributed by atoms with E-state index >= 15 is 0 Å². The van der Waals surface area contributed by atoms with Gasteiger partial charge in [-0.05, 0) is 0 Å². The Hall–Kier alpha value is 0.0395. The van der Waals surface area contributed by atoms with Gasteiger partial charge in [0.1, 0.15) is 0 Å². The fourth-order valence-corrected chi connectivity index (χ4v) is 0.418. The molecule has 0 aliphatic rings. The number of hydrogen-bond acceptors (Lipinski definition) is 4. The molecule has 0 bridgehead atoms. The van der Waals surface area contributed by atoms with Gasteiger partial charge >= 0.3 is 22.5 Å². The fraction of sp³-hybridized carbons (Fsp3) is 0.667. The summed E-state index contributed by atoms with van der Waals surface area (Å²) in [6.45, 7) is 0.276. The Morgan fingerprint density at radius 2 is 1.27 bits per heavy atom. The van der Waals surface area contributed by atoms with Crippen molar-refractivity contribution >= 4 is 0 Å². The van der Waals surface area contributed by atoms with Crippen LogP contribution < -0.4 is 0 Å². The van der Waals surface area contributed by atoms with Crippen LogP contribution in [0.15, 0.2) is 0 Å². The van der Waals surface area contributed by atoms with E-state index in [1.54, 1.807) is 12.8 Å². The molecule has 0 aliphatic heterocycles. The average molecular weight is 203 g/mol. The van der Waals surface area contributed by atoms with Gasteiger partial charge in [-0.2, -0.15) is 0 Å². The third-order valence-corrected chi connectivity index (χ3v) is 0.833. The summed E-state index contributed by atoms with van der Waals surface area (Å²) in [4.78, 5) is 0. The second kappa shape index (κ2) is 16.6. The van der Waals surface area contributed by atoms with Gasteiger partial charge in [-0.15, -0.1) is 0 Å². The van der Waals surface area contributed by atoms with Crippen LogP contribution in [0.3, 0.4) is 0 Å². The van der Waals surface area contributed by atoms with Crippen molar-refractivity contribution in [3.63, 3.8) is 0 Å². The molecule has 0 aromatic rings. The number of hydrogen-bond donors (Lipinski definition) is 2. The van der Waals surface area contributed by atoms with E-state index in [4.69, 9.17) is 17.9 Å². The van der Waals surface area contributed by atoms with E-state index in [1.807, 2.05) is 0 Å². The minimum absolute atomic E-state index is 0.138. The average Bonchev–Trinajstić information content (AvgIpc) is 2.00. The van der Waals surface area contributed by atoms with Crippen molar-refractivity contribution in [3.8, 4) is 0 Å². The summed E-state index contributed by atoms with van der Waals surface area (Å²) in [5.74, 6) is 0. The van der Waals surface area contributed by atoms with Crippen molar-refractivity contribution in [3.05, 3.63) is 12.8 Å². The molecule has 4 nitrogen and oxygen atoms in total. The van der Waals surface area contributed by atoms with Gasteiger partial charge in [0.2, 0.25) is 0 Å². The number of aliphatic hydroxyl groups excluding tert-OH is 2. The Kier molecular flexibility index (Phi) is 20.5. The van der Waals surface area contributed by atoms with E-state index in [-0.39, 0.29) is 13.2 Å². The summed E-state index contributed by atoms with van der Waals surface area (Å²) in [6.07, 6.45) is 5.26. The summed E-state index contributed by atoms with van der Waals surface area (Å²) >= 11 is -1.44. The maximum absolute atomic E-state index is 8.41. The van der Waals surface area contributed by atoms with E-state index < -0.39 is 14.8 Å². The molecule has 0 unspecified atom stereocenters. The molecule has 0 spiro atoms. The fourth-order valence-electron chi connectivity index (χ4n) is 0.418. The molecule has 0 amide bonds. The predicted octanol–water partition coefficient (Wildman–Crippen LogP) is -0.0803. The third-order valence-electron chi connectivity index (χ3n) is 0.833. The van der Waals surface area contributed by atoms with E-state index in [1.165, 1.54) is 0 Å². The molecule has 0 aromatic heterocycles. The summed E-state index contributed by atoms with van der Waals surface area (Å²) < 4.78 is 16.8. The van der Waals surface area contributed by atoms with Crippen LogP contribution in [0.4, 0.5) is 0 Å². The number of rotatable bonds is 5. The van der Waals surface area contributed by atoms with Crippen molar-refractivity contribution in [2.24, 2.45) is 0 Å². The molecule has 0 saturated carbocycles. The normalized spacial score (nSPS) is 8.18. The molecule has 5 heteroatoms. The molecule has 0 saturated heterocycles. The van der Waals surface area contributed by atoms with E-state index in [0.29, 0.717) is 0 Å². The molecule has 0 radical (unpaired) electrons. The molecule has 2 N–H and O–H groups in total. The first kappa shape index (κ1) is 13.6. The van der Waals surface area contributed by atoms with Gasteiger partial charge in [0, 0.05) is 0 Å². The monoisotopic (exact) mass is 203 g/mol. The van der Waals surface area contributed by atoms with Crippen molar-refractivity contribution in [2.45, 2.75) is 12.8 Å². The van der Waals surface area contributed by atoms with E-state index in [0.717, 1.165) is 12.8 Å². The van der Waals surface area contributed by atoms with Gasteiger partial charge < -0.3 is 23.1 Å². The summed E-state index contributed by atoms with van der Waals surface area (Å²) in [6, 6.07) is 0. The van der Waals surface area contributed by atoms with Crippen LogP contribution in [0.1, 0.15) is 12.8 Å². The number of aliphatic hydroxyl groups is 2. The first-order chi connectivity index (χ1) is 5.33. The van der Waals surface area contributed by atoms with E-state index in [2.05, 4.69) is 0 Å². The van der Waals surface area contributed by atoms with Gasteiger partial charge in [0.05, 0.1) is 0 Å². The maximum atomic E-state index is 8.41. The zero-order chi connectivity index (χ0) is 8.95. The Bertz CT molecular complexity index is 84.6. The summed E-state index contributed by atoms with van der Waals surface area (Å²) in [7, 11) is 0. The van der Waals surface area contributed by atoms with Gasteiger partial charge in [-0.1, -0.05) is 13.2 Å². The van der Waals surface area contributed by atoms with Crippen LogP contribution in [0, 0.1) is 12.8 Å². The Morgan fingerprint density at radius 1 is 1.00 bits per heavy atom. The number of unbranched alkanes of at least 4 members (excludes halogenated alkanes) is 3. The molecule has 0 fully saturated rings. The standard InChI is InChI=1S/C6H12O2.Mn.2O/c7-5-3-1-2-4-6-8;;;/h3-4,7-8H,1-2,5-6H2;;;/q-2;;;. The molecule has 11 heavy (non-hydrogen) atoms. The molecule has 0 rings (SSSR count). The predicted molar refractivity (Wildman–Crippen MR) is 33.4 cm³/mol. The van der Waals surface area contributed by atoms with Gasteiger partial charge in [-0.25, -0.2) is 12.8 Å². The SMILES string of the molecule is OC[CH-]CC[CH-]CO.[O]=[Mn]=[O]. The Balaban J connectivity index is 0. The molecule has 0 heterocycles. The van der Waals surface area contributed by atoms with Crippen molar-refractivity contribution < 1.29 is 32.7 Å². The van der Waals surface area contributed by atoms with Crippen LogP contribution in [0.25, 0.3) is 0 Å². The Morgan fingerprint density at radius 3 is 1.45 bits per heavy atom. The molecule has 0 atom stereocenters. The van der Waals surface area contributed by atoms with Gasteiger partial charge in [0.25, 0.3) is 0 Å². The second-order valence-corrected chi connectivity index (χ2v) is 1.78. The summed E-state index contributed by atoms with van der Waals surface area (Å²) in [5.41, 5.74) is 0. The van der Waals surface area contributed by atoms with Crippen LogP contribution in [0.5, 0.6) is 0 Å².